The maximum atomic E-state index is 11.9. The summed E-state index contributed by atoms with van der Waals surface area (Å²) < 4.78 is 5.39. The summed E-state index contributed by atoms with van der Waals surface area (Å²) in [7, 11) is 1.36. The van der Waals surface area contributed by atoms with E-state index in [4.69, 9.17) is 21.4 Å². The quantitative estimate of drug-likeness (QED) is 0.861. The molecule has 0 aliphatic rings. The first-order valence-electron chi connectivity index (χ1n) is 4.93. The van der Waals surface area contributed by atoms with Crippen LogP contribution in [0.3, 0.4) is 0 Å². The summed E-state index contributed by atoms with van der Waals surface area (Å²) in [6, 6.07) is 3.64. The van der Waals surface area contributed by atoms with Crippen LogP contribution in [0, 0.1) is 0 Å². The minimum Gasteiger partial charge on any atom is -0.480 e. The van der Waals surface area contributed by atoms with Crippen molar-refractivity contribution in [3.05, 3.63) is 33.3 Å². The zero-order valence-corrected chi connectivity index (χ0v) is 11.8. The summed E-state index contributed by atoms with van der Waals surface area (Å²) >= 11 is 9.08. The number of benzene rings is 1. The van der Waals surface area contributed by atoms with E-state index < -0.39 is 17.9 Å². The molecule has 1 aromatic carbocycles. The molecule has 1 unspecified atom stereocenters. The number of carbonyl (C=O) groups excluding carboxylic acids is 1. The average molecular weight is 337 g/mol. The number of halogens is 2. The lowest BCUT2D eigenvalue weighted by Crippen LogP contribution is -2.43. The van der Waals surface area contributed by atoms with E-state index in [1.807, 2.05) is 0 Å². The van der Waals surface area contributed by atoms with Gasteiger partial charge in [-0.2, -0.15) is 0 Å². The molecule has 5 nitrogen and oxygen atoms in total. The van der Waals surface area contributed by atoms with Gasteiger partial charge >= 0.3 is 5.97 Å². The monoisotopic (exact) mass is 335 g/mol. The van der Waals surface area contributed by atoms with Gasteiger partial charge in [-0.1, -0.05) is 27.5 Å². The van der Waals surface area contributed by atoms with Crippen molar-refractivity contribution in [3.63, 3.8) is 0 Å². The van der Waals surface area contributed by atoms with Crippen LogP contribution in [0.25, 0.3) is 0 Å². The van der Waals surface area contributed by atoms with Crippen molar-refractivity contribution in [2.45, 2.75) is 6.04 Å². The molecule has 1 rings (SSSR count). The summed E-state index contributed by atoms with van der Waals surface area (Å²) in [4.78, 5) is 22.7. The fraction of sp³-hybridized carbons (Fsp3) is 0.273. The Bertz CT molecular complexity index is 466. The highest BCUT2D eigenvalue weighted by Crippen LogP contribution is 2.20. The van der Waals surface area contributed by atoms with E-state index in [1.54, 1.807) is 12.1 Å². The molecule has 0 aromatic heterocycles. The number of carbonyl (C=O) groups is 2. The van der Waals surface area contributed by atoms with Gasteiger partial charge in [0.15, 0.2) is 6.04 Å². The summed E-state index contributed by atoms with van der Waals surface area (Å²) in [5, 5.41) is 11.5. The second kappa shape index (κ2) is 6.72. The molecule has 0 saturated heterocycles. The second-order valence-corrected chi connectivity index (χ2v) is 4.77. The lowest BCUT2D eigenvalue weighted by molar-refractivity contribution is -0.140. The van der Waals surface area contributed by atoms with Crippen LogP contribution in [-0.4, -0.2) is 36.7 Å². The third-order valence-corrected chi connectivity index (χ3v) is 2.93. The summed E-state index contributed by atoms with van der Waals surface area (Å²) in [6.07, 6.45) is 0. The van der Waals surface area contributed by atoms with Crippen LogP contribution in [0.15, 0.2) is 22.7 Å². The van der Waals surface area contributed by atoms with E-state index in [0.717, 1.165) is 0 Å². The van der Waals surface area contributed by atoms with E-state index in [1.165, 1.54) is 13.2 Å². The Labute approximate surface area is 117 Å². The predicted molar refractivity (Wildman–Crippen MR) is 69.9 cm³/mol. The first-order valence-corrected chi connectivity index (χ1v) is 6.10. The van der Waals surface area contributed by atoms with Crippen molar-refractivity contribution < 1.29 is 19.4 Å². The third kappa shape index (κ3) is 3.97. The van der Waals surface area contributed by atoms with Crippen LogP contribution in [-0.2, 0) is 9.53 Å². The highest BCUT2D eigenvalue weighted by molar-refractivity contribution is 9.10. The van der Waals surface area contributed by atoms with Crippen LogP contribution in [0.4, 0.5) is 0 Å². The Balaban J connectivity index is 2.86. The van der Waals surface area contributed by atoms with Crippen molar-refractivity contribution in [2.75, 3.05) is 13.7 Å². The molecular formula is C11H11BrClNO4. The molecule has 0 spiro atoms. The zero-order valence-electron chi connectivity index (χ0n) is 9.44. The standard InChI is InChI=1S/C11H11BrClNO4/c1-18-5-9(11(16)17)14-10(15)7-4-6(12)2-3-8(7)13/h2-4,9H,5H2,1H3,(H,14,15)(H,16,17). The third-order valence-electron chi connectivity index (χ3n) is 2.11. The van der Waals surface area contributed by atoms with Crippen molar-refractivity contribution in [1.82, 2.24) is 5.32 Å². The number of carboxylic acids is 1. The molecular weight excluding hydrogens is 325 g/mol. The number of hydrogen-bond donors (Lipinski definition) is 2. The van der Waals surface area contributed by atoms with Gasteiger partial charge < -0.3 is 15.2 Å². The molecule has 0 bridgehead atoms. The lowest BCUT2D eigenvalue weighted by Gasteiger charge is -2.14. The smallest absolute Gasteiger partial charge is 0.328 e. The number of amides is 1. The Morgan fingerprint density at radius 2 is 2.22 bits per heavy atom. The van der Waals surface area contributed by atoms with Gasteiger partial charge in [0.2, 0.25) is 0 Å². The number of rotatable bonds is 5. The van der Waals surface area contributed by atoms with Crippen molar-refractivity contribution in [3.8, 4) is 0 Å². The van der Waals surface area contributed by atoms with Gasteiger partial charge in [0.1, 0.15) is 0 Å². The fourth-order valence-electron chi connectivity index (χ4n) is 1.25. The SMILES string of the molecule is COCC(NC(=O)c1cc(Br)ccc1Cl)C(=O)O. The molecule has 2 N–H and O–H groups in total. The van der Waals surface area contributed by atoms with Crippen LogP contribution in [0.5, 0.6) is 0 Å². The number of nitrogens with one attached hydrogen (secondary N) is 1. The molecule has 1 amide bonds. The molecule has 1 aromatic rings. The largest absolute Gasteiger partial charge is 0.480 e. The molecule has 0 radical (unpaired) electrons. The van der Waals surface area contributed by atoms with Gasteiger partial charge in [0.05, 0.1) is 17.2 Å². The normalized spacial score (nSPS) is 11.9. The van der Waals surface area contributed by atoms with Crippen molar-refractivity contribution >= 4 is 39.4 Å². The molecule has 0 heterocycles. The molecule has 1 atom stereocenters. The maximum Gasteiger partial charge on any atom is 0.328 e. The maximum absolute atomic E-state index is 11.9. The minimum atomic E-state index is -1.17. The van der Waals surface area contributed by atoms with Gasteiger partial charge in [-0.15, -0.1) is 0 Å². The zero-order chi connectivity index (χ0) is 13.7. The Morgan fingerprint density at radius 1 is 1.56 bits per heavy atom. The summed E-state index contributed by atoms with van der Waals surface area (Å²) in [5.74, 6) is -1.73. The Hall–Kier alpha value is -1.11. The molecule has 98 valence electrons. The van der Waals surface area contributed by atoms with Crippen LogP contribution < -0.4 is 5.32 Å². The first kappa shape index (κ1) is 14.9. The highest BCUT2D eigenvalue weighted by atomic mass is 79.9. The number of carboxylic acid groups (broad SMARTS) is 1. The molecule has 0 fully saturated rings. The average Bonchev–Trinajstić information content (AvgIpc) is 2.31. The highest BCUT2D eigenvalue weighted by Gasteiger charge is 2.21. The van der Waals surface area contributed by atoms with Gasteiger partial charge in [0, 0.05) is 11.6 Å². The van der Waals surface area contributed by atoms with Crippen LogP contribution in [0.2, 0.25) is 5.02 Å². The van der Waals surface area contributed by atoms with E-state index in [0.29, 0.717) is 4.47 Å². The topological polar surface area (TPSA) is 75.6 Å². The Kier molecular flexibility index (Phi) is 5.58. The van der Waals surface area contributed by atoms with E-state index >= 15 is 0 Å². The Morgan fingerprint density at radius 3 is 2.78 bits per heavy atom. The van der Waals surface area contributed by atoms with Gasteiger partial charge in [-0.3, -0.25) is 4.79 Å². The fourth-order valence-corrected chi connectivity index (χ4v) is 1.81. The predicted octanol–water partition coefficient (Wildman–Crippen LogP) is 1.93. The second-order valence-electron chi connectivity index (χ2n) is 3.44. The van der Waals surface area contributed by atoms with Crippen LogP contribution >= 0.6 is 27.5 Å². The van der Waals surface area contributed by atoms with E-state index in [-0.39, 0.29) is 17.2 Å². The summed E-state index contributed by atoms with van der Waals surface area (Å²) in [6.45, 7) is -0.118. The molecule has 0 aliphatic heterocycles. The number of aliphatic carboxylic acids is 1. The number of methoxy groups -OCH3 is 1. The molecule has 7 heteroatoms. The van der Waals surface area contributed by atoms with Gasteiger partial charge in [-0.05, 0) is 18.2 Å². The number of ether oxygens (including phenoxy) is 1. The first-order chi connectivity index (χ1) is 8.45. The van der Waals surface area contributed by atoms with Gasteiger partial charge in [-0.25, -0.2) is 4.79 Å². The van der Waals surface area contributed by atoms with Crippen molar-refractivity contribution in [2.24, 2.45) is 0 Å². The molecule has 18 heavy (non-hydrogen) atoms. The van der Waals surface area contributed by atoms with Crippen molar-refractivity contribution in [1.29, 1.82) is 0 Å². The van der Waals surface area contributed by atoms with Crippen LogP contribution in [0.1, 0.15) is 10.4 Å². The van der Waals surface area contributed by atoms with E-state index in [2.05, 4.69) is 21.2 Å². The molecule has 0 saturated carbocycles. The minimum absolute atomic E-state index is 0.118. The van der Waals surface area contributed by atoms with Gasteiger partial charge in [0.25, 0.3) is 5.91 Å². The lowest BCUT2D eigenvalue weighted by atomic mass is 10.2. The van der Waals surface area contributed by atoms with E-state index in [9.17, 15) is 9.59 Å². The molecule has 0 aliphatic carbocycles. The number of hydrogen-bond acceptors (Lipinski definition) is 3. The summed E-state index contributed by atoms with van der Waals surface area (Å²) in [5.41, 5.74) is 0.202.